The summed E-state index contributed by atoms with van der Waals surface area (Å²) in [5.41, 5.74) is 13.8. The van der Waals surface area contributed by atoms with Gasteiger partial charge in [-0.05, 0) is 80.7 Å². The molecule has 3 aliphatic rings. The van der Waals surface area contributed by atoms with Crippen LogP contribution in [-0.2, 0) is 32.9 Å². The Morgan fingerprint density at radius 2 is 1.23 bits per heavy atom. The third-order valence-electron chi connectivity index (χ3n) is 13.8. The van der Waals surface area contributed by atoms with Crippen molar-refractivity contribution in [2.24, 2.45) is 5.41 Å². The fraction of sp³-hybridized carbons (Fsp3) is 0.156. The van der Waals surface area contributed by atoms with Crippen LogP contribution in [0.4, 0.5) is 22.7 Å². The summed E-state index contributed by atoms with van der Waals surface area (Å²) in [5, 5.41) is 2.16. The molecule has 0 spiro atoms. The molecule has 0 unspecified atom stereocenters. The minimum absolute atomic E-state index is 0. The normalized spacial score (nSPS) is 17.9. The number of para-hydroxylation sites is 2. The molecule has 3 aliphatic heterocycles. The third-order valence-corrected chi connectivity index (χ3v) is 13.8. The van der Waals surface area contributed by atoms with Gasteiger partial charge in [0.05, 0.1) is 6.67 Å². The van der Waals surface area contributed by atoms with Gasteiger partial charge in [0.1, 0.15) is 11.5 Å². The summed E-state index contributed by atoms with van der Waals surface area (Å²) in [4.78, 5) is 4.95. The first-order valence-corrected chi connectivity index (χ1v) is 23.9. The zero-order valence-corrected chi connectivity index (χ0v) is 42.5. The van der Waals surface area contributed by atoms with Crippen LogP contribution < -0.4 is 13.7 Å². The molecule has 1 fully saturated rings. The fourth-order valence-electron chi connectivity index (χ4n) is 10.8. The van der Waals surface area contributed by atoms with E-state index < -0.39 is 11.8 Å². The average molecular weight is 1090 g/mol. The second kappa shape index (κ2) is 17.2. The smallest absolute Gasteiger partial charge is 0.184 e. The Hall–Kier alpha value is -6.88. The molecule has 5 nitrogen and oxygen atoms in total. The van der Waals surface area contributed by atoms with Crippen LogP contribution >= 0.6 is 0 Å². The second-order valence-electron chi connectivity index (χ2n) is 20.6. The SMILES string of the molecule is [2H]C([2H])(c1cccc2c1[N@@+]1(c3c(-c4ccccc4)cccc3-c3ccccc3)[CH-][N@+]2(c2[c-]c(Oc3[c-]c4c(cc3)c3cc(-c5ccccc5)ccc3n4-c3cc(C(C)(C)C)ccn3)ccc2)C1)C(C)(C)C.[Pt]. The minimum atomic E-state index is -1.67. The van der Waals surface area contributed by atoms with Crippen molar-refractivity contribution >= 4 is 44.6 Å². The third kappa shape index (κ3) is 7.63. The van der Waals surface area contributed by atoms with Crippen LogP contribution in [0.25, 0.3) is 61.0 Å². The molecule has 0 amide bonds. The number of nitrogens with zero attached hydrogens (tertiary/aromatic N) is 4. The van der Waals surface area contributed by atoms with Crippen LogP contribution in [0, 0.1) is 24.2 Å². The Morgan fingerprint density at radius 1 is 0.600 bits per heavy atom. The monoisotopic (exact) mass is 1090 g/mol. The Labute approximate surface area is 429 Å². The summed E-state index contributed by atoms with van der Waals surface area (Å²) in [6.07, 6.45) is 0.228. The topological polar surface area (TPSA) is 27.1 Å². The molecule has 0 radical (unpaired) electrons. The molecular weight excluding hydrogens is 1040 g/mol. The van der Waals surface area contributed by atoms with E-state index in [0.717, 1.165) is 83.8 Å². The molecule has 1 saturated heterocycles. The van der Waals surface area contributed by atoms with Crippen molar-refractivity contribution in [2.45, 2.75) is 53.3 Å². The summed E-state index contributed by atoms with van der Waals surface area (Å²) >= 11 is 0. The van der Waals surface area contributed by atoms with Gasteiger partial charge in [0, 0.05) is 75.5 Å². The Kier molecular flexibility index (Phi) is 10.6. The van der Waals surface area contributed by atoms with Crippen molar-refractivity contribution in [3.05, 3.63) is 224 Å². The van der Waals surface area contributed by atoms with Gasteiger partial charge in [0.25, 0.3) is 0 Å². The summed E-state index contributed by atoms with van der Waals surface area (Å²) in [7, 11) is 0. The number of pyridine rings is 1. The van der Waals surface area contributed by atoms with Gasteiger partial charge in [0.15, 0.2) is 18.0 Å². The first-order valence-electron chi connectivity index (χ1n) is 24.9. The molecule has 8 aromatic carbocycles. The fourth-order valence-corrected chi connectivity index (χ4v) is 10.8. The van der Waals surface area contributed by atoms with E-state index in [4.69, 9.17) is 9.72 Å². The van der Waals surface area contributed by atoms with Crippen molar-refractivity contribution in [2.75, 3.05) is 6.67 Å². The molecule has 70 heavy (non-hydrogen) atoms. The number of hydrogen-bond acceptors (Lipinski definition) is 2. The van der Waals surface area contributed by atoms with Gasteiger partial charge in [-0.3, -0.25) is 4.48 Å². The van der Waals surface area contributed by atoms with E-state index in [-0.39, 0.29) is 26.5 Å². The van der Waals surface area contributed by atoms with E-state index in [1.165, 1.54) is 5.56 Å². The van der Waals surface area contributed by atoms with E-state index in [1.807, 2.05) is 63.4 Å². The van der Waals surface area contributed by atoms with E-state index in [2.05, 4.69) is 196 Å². The minimum Gasteiger partial charge on any atom is -0.509 e. The number of fused-ring (bicyclic) bond motifs is 3. The zero-order valence-electron chi connectivity index (χ0n) is 42.3. The number of ether oxygens (including phenoxy) is 1. The molecule has 0 aliphatic carbocycles. The second-order valence-corrected chi connectivity index (χ2v) is 20.6. The molecule has 2 aromatic heterocycles. The van der Waals surface area contributed by atoms with Crippen molar-refractivity contribution in [1.29, 1.82) is 0 Å². The summed E-state index contributed by atoms with van der Waals surface area (Å²) < 4.78 is 29.5. The van der Waals surface area contributed by atoms with E-state index >= 15 is 0 Å². The number of aromatic nitrogens is 2. The predicted octanol–water partition coefficient (Wildman–Crippen LogP) is 16.8. The molecule has 10 aromatic rings. The predicted molar refractivity (Wildman–Crippen MR) is 286 cm³/mol. The maximum atomic E-state index is 9.86. The Morgan fingerprint density at radius 3 is 1.89 bits per heavy atom. The van der Waals surface area contributed by atoms with Crippen LogP contribution in [0.15, 0.2) is 194 Å². The number of rotatable bonds is 9. The Balaban J connectivity index is 0.00000560. The molecular formula is C64H55N4OPt-. The molecule has 2 bridgehead atoms. The first-order chi connectivity index (χ1) is 34.2. The maximum Gasteiger partial charge on any atom is 0.184 e. The molecule has 0 N–H and O–H groups in total. The van der Waals surface area contributed by atoms with Gasteiger partial charge in [0.2, 0.25) is 0 Å². The van der Waals surface area contributed by atoms with Crippen LogP contribution in [0.2, 0.25) is 0 Å². The van der Waals surface area contributed by atoms with Gasteiger partial charge < -0.3 is 13.8 Å². The molecule has 5 heterocycles. The molecule has 0 saturated carbocycles. The molecule has 348 valence electrons. The maximum absolute atomic E-state index is 9.86. The van der Waals surface area contributed by atoms with Gasteiger partial charge in [-0.25, -0.2) is 4.98 Å². The van der Waals surface area contributed by atoms with Crippen molar-refractivity contribution in [3.63, 3.8) is 0 Å². The van der Waals surface area contributed by atoms with Gasteiger partial charge in [-0.1, -0.05) is 174 Å². The van der Waals surface area contributed by atoms with Crippen molar-refractivity contribution in [3.8, 4) is 50.7 Å². The number of quaternary nitrogens is 2. The van der Waals surface area contributed by atoms with Crippen LogP contribution in [0.3, 0.4) is 0 Å². The van der Waals surface area contributed by atoms with E-state index in [9.17, 15) is 2.74 Å². The zero-order chi connectivity index (χ0) is 48.9. The van der Waals surface area contributed by atoms with Crippen LogP contribution in [0.5, 0.6) is 11.5 Å². The standard InChI is InChI=1S/C64H55N4O.Pt/c1-63(2,3)41-48-25-16-30-59-61(48)68(62-53(45-21-12-8-13-22-45)28-18-29-54(62)46-23-14-9-15-24-46)42-67(59,43-68)50-26-17-27-51(39-50)69-52-32-33-55-56-37-47(44-19-10-7-11-20-44)31-34-57(56)66(58(55)40-52)60-38-49(35-36-65-60)64(4,5)6;/h7-38,42H,41,43H2,1-6H3;/q-1;/t67-,68-;/m1./s1/i41D2;. The van der Waals surface area contributed by atoms with Crippen LogP contribution in [-0.4, -0.2) is 16.2 Å². The molecule has 6 heteroatoms. The molecule has 2 atom stereocenters. The summed E-state index contributed by atoms with van der Waals surface area (Å²) in [6, 6.07) is 73.1. The van der Waals surface area contributed by atoms with Gasteiger partial charge in [-0.15, -0.1) is 29.7 Å². The van der Waals surface area contributed by atoms with Crippen LogP contribution in [0.1, 0.15) is 55.4 Å². The van der Waals surface area contributed by atoms with Crippen molar-refractivity contribution < 1.29 is 28.5 Å². The summed E-state index contributed by atoms with van der Waals surface area (Å²) in [5.74, 6) is 1.95. The molecule has 13 rings (SSSR count). The number of hydrogen-bond donors (Lipinski definition) is 0. The summed E-state index contributed by atoms with van der Waals surface area (Å²) in [6.45, 7) is 15.7. The average Bonchev–Trinajstić information content (AvgIpc) is 3.97. The Bertz CT molecular complexity index is 3630. The quantitative estimate of drug-likeness (QED) is 0.106. The number of benzene rings is 8. The largest absolute Gasteiger partial charge is 0.509 e. The first kappa shape index (κ1) is 43.2. The van der Waals surface area contributed by atoms with E-state index in [1.54, 1.807) is 0 Å². The van der Waals surface area contributed by atoms with Gasteiger partial charge in [-0.2, -0.15) is 12.1 Å². The van der Waals surface area contributed by atoms with Crippen molar-refractivity contribution in [1.82, 2.24) is 18.5 Å². The van der Waals surface area contributed by atoms with E-state index in [0.29, 0.717) is 32.7 Å². The van der Waals surface area contributed by atoms with Gasteiger partial charge >= 0.3 is 0 Å².